The average molecular weight is 149 g/mol. The molecule has 0 aliphatic carbocycles. The van der Waals surface area contributed by atoms with Crippen LogP contribution in [0.2, 0.25) is 0 Å². The van der Waals surface area contributed by atoms with Crippen molar-refractivity contribution in [1.82, 2.24) is 4.90 Å². The summed E-state index contributed by atoms with van der Waals surface area (Å²) in [5.41, 5.74) is 0.491. The Hall–Kier alpha value is -1.23. The predicted octanol–water partition coefficient (Wildman–Crippen LogP) is 0.797. The van der Waals surface area contributed by atoms with Gasteiger partial charge >= 0.3 is 0 Å². The van der Waals surface area contributed by atoms with Gasteiger partial charge in [0.2, 0.25) is 0 Å². The van der Waals surface area contributed by atoms with Crippen molar-refractivity contribution in [3.63, 3.8) is 0 Å². The number of carbonyl (C=O) groups excluding carboxylic acids is 1. The lowest BCUT2D eigenvalue weighted by Gasteiger charge is -2.27. The highest BCUT2D eigenvalue weighted by Gasteiger charge is 2.21. The lowest BCUT2D eigenvalue weighted by molar-refractivity contribution is -0.127. The summed E-state index contributed by atoms with van der Waals surface area (Å²) < 4.78 is 0. The maximum atomic E-state index is 11.3. The summed E-state index contributed by atoms with van der Waals surface area (Å²) in [7, 11) is 1.78. The minimum Gasteiger partial charge on any atom is -0.338 e. The third kappa shape index (κ3) is 1.27. The molecular formula is C9H11NO. The summed E-state index contributed by atoms with van der Waals surface area (Å²) in [5, 5.41) is 0. The van der Waals surface area contributed by atoms with E-state index >= 15 is 0 Å². The molecule has 0 saturated carbocycles. The standard InChI is InChI=1S/C9H11NO/c1-4-8-6-5-7(2)10(3)9(8)11/h1,6-7H,5H2,2-3H3/t7-/m0/s1. The lowest BCUT2D eigenvalue weighted by Crippen LogP contribution is -2.38. The topological polar surface area (TPSA) is 20.3 Å². The molecule has 2 heteroatoms. The zero-order valence-corrected chi connectivity index (χ0v) is 6.79. The SMILES string of the molecule is C#CC1=CC[C@H](C)N(C)C1=O. The van der Waals surface area contributed by atoms with E-state index in [0.717, 1.165) is 6.42 Å². The van der Waals surface area contributed by atoms with Crippen LogP contribution in [0.4, 0.5) is 0 Å². The van der Waals surface area contributed by atoms with Gasteiger partial charge < -0.3 is 4.90 Å². The highest BCUT2D eigenvalue weighted by molar-refractivity contribution is 5.98. The van der Waals surface area contributed by atoms with Gasteiger partial charge in [-0.3, -0.25) is 4.79 Å². The Morgan fingerprint density at radius 3 is 3.00 bits per heavy atom. The van der Waals surface area contributed by atoms with Gasteiger partial charge in [-0.15, -0.1) is 6.42 Å². The summed E-state index contributed by atoms with van der Waals surface area (Å²) in [6, 6.07) is 0.277. The Kier molecular flexibility index (Phi) is 2.00. The van der Waals surface area contributed by atoms with Gasteiger partial charge in [-0.2, -0.15) is 0 Å². The molecule has 0 radical (unpaired) electrons. The summed E-state index contributed by atoms with van der Waals surface area (Å²) in [6.45, 7) is 2.00. The summed E-state index contributed by atoms with van der Waals surface area (Å²) in [5.74, 6) is 2.34. The van der Waals surface area contributed by atoms with Gasteiger partial charge in [-0.05, 0) is 13.3 Å². The molecule has 1 atom stereocenters. The second-order valence-corrected chi connectivity index (χ2v) is 2.76. The Bertz CT molecular complexity index is 247. The van der Waals surface area contributed by atoms with E-state index in [0.29, 0.717) is 5.57 Å². The third-order valence-electron chi connectivity index (χ3n) is 2.03. The molecule has 1 aliphatic rings. The van der Waals surface area contributed by atoms with Crippen LogP contribution in [-0.4, -0.2) is 23.9 Å². The van der Waals surface area contributed by atoms with Crippen molar-refractivity contribution in [3.8, 4) is 12.3 Å². The van der Waals surface area contributed by atoms with Crippen molar-refractivity contribution >= 4 is 5.91 Å². The molecule has 58 valence electrons. The normalized spacial score (nSPS) is 24.5. The van der Waals surface area contributed by atoms with Crippen molar-refractivity contribution in [2.45, 2.75) is 19.4 Å². The zero-order valence-electron chi connectivity index (χ0n) is 6.79. The Morgan fingerprint density at radius 1 is 1.82 bits per heavy atom. The average Bonchev–Trinajstić information content (AvgIpc) is 2.01. The van der Waals surface area contributed by atoms with E-state index in [4.69, 9.17) is 6.42 Å². The molecule has 0 spiro atoms. The first-order valence-electron chi connectivity index (χ1n) is 3.60. The summed E-state index contributed by atoms with van der Waals surface area (Å²) in [6.07, 6.45) is 7.82. The Labute approximate surface area is 66.9 Å². The van der Waals surface area contributed by atoms with E-state index in [9.17, 15) is 4.79 Å². The minimum absolute atomic E-state index is 0.0359. The molecule has 1 amide bonds. The van der Waals surface area contributed by atoms with Crippen molar-refractivity contribution in [2.75, 3.05) is 7.05 Å². The number of likely N-dealkylation sites (N-methyl/N-ethyl adjacent to an activating group) is 1. The maximum Gasteiger partial charge on any atom is 0.261 e. The van der Waals surface area contributed by atoms with Crippen LogP contribution < -0.4 is 0 Å². The van der Waals surface area contributed by atoms with Gasteiger partial charge in [0.15, 0.2) is 0 Å². The molecule has 1 heterocycles. The van der Waals surface area contributed by atoms with Crippen LogP contribution in [0, 0.1) is 12.3 Å². The smallest absolute Gasteiger partial charge is 0.261 e. The molecule has 0 aromatic rings. The summed E-state index contributed by atoms with van der Waals surface area (Å²) in [4.78, 5) is 13.0. The fraction of sp³-hybridized carbons (Fsp3) is 0.444. The number of hydrogen-bond acceptors (Lipinski definition) is 1. The molecule has 2 nitrogen and oxygen atoms in total. The third-order valence-corrected chi connectivity index (χ3v) is 2.03. The summed E-state index contributed by atoms with van der Waals surface area (Å²) >= 11 is 0. The largest absolute Gasteiger partial charge is 0.338 e. The number of rotatable bonds is 0. The molecule has 0 aromatic carbocycles. The lowest BCUT2D eigenvalue weighted by atomic mass is 10.0. The number of hydrogen-bond donors (Lipinski definition) is 0. The van der Waals surface area contributed by atoms with Crippen molar-refractivity contribution in [3.05, 3.63) is 11.6 Å². The first-order chi connectivity index (χ1) is 5.16. The zero-order chi connectivity index (χ0) is 8.43. The Morgan fingerprint density at radius 2 is 2.45 bits per heavy atom. The van der Waals surface area contributed by atoms with Crippen LogP contribution in [-0.2, 0) is 4.79 Å². The fourth-order valence-electron chi connectivity index (χ4n) is 1.04. The van der Waals surface area contributed by atoms with Crippen LogP contribution >= 0.6 is 0 Å². The second kappa shape index (κ2) is 2.79. The van der Waals surface area contributed by atoms with E-state index < -0.39 is 0 Å². The molecule has 1 rings (SSSR count). The first-order valence-corrected chi connectivity index (χ1v) is 3.60. The highest BCUT2D eigenvalue weighted by atomic mass is 16.2. The molecule has 0 fully saturated rings. The minimum atomic E-state index is -0.0359. The van der Waals surface area contributed by atoms with Crippen LogP contribution in [0.3, 0.4) is 0 Å². The van der Waals surface area contributed by atoms with E-state index in [1.165, 1.54) is 0 Å². The molecule has 0 bridgehead atoms. The number of terminal acetylenes is 1. The first kappa shape index (κ1) is 7.87. The monoisotopic (exact) mass is 149 g/mol. The molecule has 0 unspecified atom stereocenters. The van der Waals surface area contributed by atoms with Gasteiger partial charge in [0.25, 0.3) is 5.91 Å². The molecule has 0 N–H and O–H groups in total. The van der Waals surface area contributed by atoms with Gasteiger partial charge in [0.05, 0.1) is 5.57 Å². The van der Waals surface area contributed by atoms with Crippen LogP contribution in [0.25, 0.3) is 0 Å². The highest BCUT2D eigenvalue weighted by Crippen LogP contribution is 2.14. The Balaban J connectivity index is 2.90. The second-order valence-electron chi connectivity index (χ2n) is 2.76. The van der Waals surface area contributed by atoms with Gasteiger partial charge in [-0.25, -0.2) is 0 Å². The van der Waals surface area contributed by atoms with Gasteiger partial charge in [0, 0.05) is 13.1 Å². The quantitative estimate of drug-likeness (QED) is 0.466. The molecule has 0 saturated heterocycles. The van der Waals surface area contributed by atoms with Crippen LogP contribution in [0.5, 0.6) is 0 Å². The molecule has 11 heavy (non-hydrogen) atoms. The van der Waals surface area contributed by atoms with E-state index in [1.807, 2.05) is 13.0 Å². The van der Waals surface area contributed by atoms with Crippen molar-refractivity contribution in [1.29, 1.82) is 0 Å². The van der Waals surface area contributed by atoms with Crippen LogP contribution in [0.15, 0.2) is 11.6 Å². The van der Waals surface area contributed by atoms with E-state index in [2.05, 4.69) is 5.92 Å². The van der Waals surface area contributed by atoms with Crippen molar-refractivity contribution < 1.29 is 4.79 Å². The van der Waals surface area contributed by atoms with E-state index in [1.54, 1.807) is 11.9 Å². The fourth-order valence-corrected chi connectivity index (χ4v) is 1.04. The van der Waals surface area contributed by atoms with Gasteiger partial charge in [-0.1, -0.05) is 12.0 Å². The van der Waals surface area contributed by atoms with Crippen LogP contribution in [0.1, 0.15) is 13.3 Å². The molecule has 1 aliphatic heterocycles. The number of amides is 1. The van der Waals surface area contributed by atoms with Crippen molar-refractivity contribution in [2.24, 2.45) is 0 Å². The molecule has 0 aromatic heterocycles. The van der Waals surface area contributed by atoms with E-state index in [-0.39, 0.29) is 11.9 Å². The molecular weight excluding hydrogens is 138 g/mol. The predicted molar refractivity (Wildman–Crippen MR) is 43.8 cm³/mol. The number of carbonyl (C=O) groups is 1. The number of nitrogens with zero attached hydrogens (tertiary/aromatic N) is 1. The van der Waals surface area contributed by atoms with Gasteiger partial charge in [0.1, 0.15) is 0 Å². The maximum absolute atomic E-state index is 11.3.